The van der Waals surface area contributed by atoms with Crippen LogP contribution in [0.5, 0.6) is 17.2 Å². The van der Waals surface area contributed by atoms with Gasteiger partial charge in [0.05, 0.1) is 6.61 Å². The maximum Gasteiger partial charge on any atom is 0.407 e. The van der Waals surface area contributed by atoms with Gasteiger partial charge in [-0.05, 0) is 89.8 Å². The summed E-state index contributed by atoms with van der Waals surface area (Å²) in [7, 11) is 0. The number of benzene rings is 2. The third-order valence-corrected chi connectivity index (χ3v) is 7.40. The highest BCUT2D eigenvalue weighted by Gasteiger charge is 2.44. The van der Waals surface area contributed by atoms with E-state index in [1.54, 1.807) is 0 Å². The van der Waals surface area contributed by atoms with Gasteiger partial charge in [0.25, 0.3) is 5.91 Å². The lowest BCUT2D eigenvalue weighted by Gasteiger charge is -2.39. The normalized spacial score (nSPS) is 18.9. The number of hydrogen-bond donors (Lipinski definition) is 1. The third-order valence-electron chi connectivity index (χ3n) is 7.40. The fourth-order valence-corrected chi connectivity index (χ4v) is 5.40. The summed E-state index contributed by atoms with van der Waals surface area (Å²) in [6, 6.07) is 9.78. The van der Waals surface area contributed by atoms with Crippen LogP contribution in [0.1, 0.15) is 74.5 Å². The molecule has 0 atom stereocenters. The molecular formula is C30H38N2O6. The van der Waals surface area contributed by atoms with E-state index in [1.807, 2.05) is 70.7 Å². The van der Waals surface area contributed by atoms with Gasteiger partial charge in [0, 0.05) is 36.2 Å². The molecule has 204 valence electrons. The van der Waals surface area contributed by atoms with Crippen molar-refractivity contribution in [1.82, 2.24) is 10.2 Å². The minimum atomic E-state index is -0.541. The van der Waals surface area contributed by atoms with Crippen molar-refractivity contribution in [2.24, 2.45) is 0 Å². The lowest BCUT2D eigenvalue weighted by atomic mass is 9.74. The zero-order valence-corrected chi connectivity index (χ0v) is 23.2. The van der Waals surface area contributed by atoms with E-state index < -0.39 is 17.3 Å². The Morgan fingerprint density at radius 2 is 1.74 bits per heavy atom. The highest BCUT2D eigenvalue weighted by molar-refractivity contribution is 5.95. The molecule has 0 radical (unpaired) electrons. The van der Waals surface area contributed by atoms with E-state index in [-0.39, 0.29) is 11.3 Å². The average Bonchev–Trinajstić information content (AvgIpc) is 3.19. The van der Waals surface area contributed by atoms with Gasteiger partial charge in [-0.1, -0.05) is 6.07 Å². The molecule has 8 heteroatoms. The molecule has 1 saturated heterocycles. The number of nitrogens with zero attached hydrogens (tertiary/aromatic N) is 1. The van der Waals surface area contributed by atoms with Gasteiger partial charge in [-0.25, -0.2) is 4.79 Å². The third kappa shape index (κ3) is 5.26. The summed E-state index contributed by atoms with van der Waals surface area (Å²) in [6.07, 6.45) is 1.19. The van der Waals surface area contributed by atoms with E-state index in [4.69, 9.17) is 18.9 Å². The Morgan fingerprint density at radius 3 is 2.45 bits per heavy atom. The number of alkyl carbamates (subject to hydrolysis) is 1. The van der Waals surface area contributed by atoms with E-state index >= 15 is 0 Å². The smallest absolute Gasteiger partial charge is 0.407 e. The number of fused-ring (bicyclic) bond motifs is 3. The minimum Gasteiger partial charge on any atom is -0.492 e. The van der Waals surface area contributed by atoms with Crippen molar-refractivity contribution in [3.05, 3.63) is 52.6 Å². The van der Waals surface area contributed by atoms with E-state index in [0.29, 0.717) is 49.9 Å². The number of nitrogens with one attached hydrogen (secondary N) is 1. The Bertz CT molecular complexity index is 1250. The fourth-order valence-electron chi connectivity index (χ4n) is 5.40. The summed E-state index contributed by atoms with van der Waals surface area (Å²) in [5.41, 5.74) is 2.61. The molecule has 1 spiro atoms. The molecule has 0 unspecified atom stereocenters. The molecule has 2 aromatic rings. The van der Waals surface area contributed by atoms with Crippen molar-refractivity contribution in [3.8, 4) is 17.2 Å². The predicted molar refractivity (Wildman–Crippen MR) is 143 cm³/mol. The van der Waals surface area contributed by atoms with E-state index in [0.717, 1.165) is 35.3 Å². The number of rotatable bonds is 3. The Balaban J connectivity index is 1.25. The van der Waals surface area contributed by atoms with Crippen molar-refractivity contribution in [2.75, 3.05) is 26.3 Å². The fraction of sp³-hybridized carbons (Fsp3) is 0.533. The van der Waals surface area contributed by atoms with Gasteiger partial charge in [0.2, 0.25) is 0 Å². The van der Waals surface area contributed by atoms with Gasteiger partial charge >= 0.3 is 6.09 Å². The lowest BCUT2D eigenvalue weighted by Crippen LogP contribution is -2.46. The summed E-state index contributed by atoms with van der Waals surface area (Å²) in [4.78, 5) is 27.5. The summed E-state index contributed by atoms with van der Waals surface area (Å²) in [5.74, 6) is 2.24. The Morgan fingerprint density at radius 1 is 1.03 bits per heavy atom. The molecule has 0 aliphatic carbocycles. The van der Waals surface area contributed by atoms with Crippen LogP contribution in [0.3, 0.4) is 0 Å². The number of amides is 2. The van der Waals surface area contributed by atoms with Crippen molar-refractivity contribution < 1.29 is 28.5 Å². The van der Waals surface area contributed by atoms with Gasteiger partial charge < -0.3 is 29.2 Å². The molecule has 38 heavy (non-hydrogen) atoms. The zero-order chi connectivity index (χ0) is 27.3. The van der Waals surface area contributed by atoms with Crippen LogP contribution >= 0.6 is 0 Å². The molecule has 5 rings (SSSR count). The molecule has 2 aromatic carbocycles. The second kappa shape index (κ2) is 9.40. The monoisotopic (exact) mass is 522 g/mol. The standard InChI is InChI=1S/C30H38N2O6/c1-19-13-21(15-24-25(19)37-29(5,6)17-35-24)26(33)32-11-9-30(10-12-32)18-36-23-8-7-20(14-22(23)30)16-31-27(34)38-28(2,3)4/h7-8,13-15H,9-12,16-18H2,1-6H3,(H,31,34). The molecule has 3 heterocycles. The second-order valence-corrected chi connectivity index (χ2v) is 12.3. The molecule has 1 fully saturated rings. The van der Waals surface area contributed by atoms with E-state index in [2.05, 4.69) is 11.4 Å². The summed E-state index contributed by atoms with van der Waals surface area (Å²) < 4.78 is 23.5. The molecule has 0 bridgehead atoms. The largest absolute Gasteiger partial charge is 0.492 e. The topological polar surface area (TPSA) is 86.3 Å². The summed E-state index contributed by atoms with van der Waals surface area (Å²) in [6.45, 7) is 14.2. The first-order valence-corrected chi connectivity index (χ1v) is 13.3. The van der Waals surface area contributed by atoms with Gasteiger partial charge in [0.1, 0.15) is 23.6 Å². The lowest BCUT2D eigenvalue weighted by molar-refractivity contribution is 0.0204. The predicted octanol–water partition coefficient (Wildman–Crippen LogP) is 5.14. The van der Waals surface area contributed by atoms with Crippen LogP contribution in [0.4, 0.5) is 4.79 Å². The Kier molecular flexibility index (Phi) is 6.48. The highest BCUT2D eigenvalue weighted by atomic mass is 16.6. The van der Waals surface area contributed by atoms with Gasteiger partial charge in [0.15, 0.2) is 11.5 Å². The van der Waals surface area contributed by atoms with Gasteiger partial charge in [-0.3, -0.25) is 4.79 Å². The number of aryl methyl sites for hydroxylation is 1. The second-order valence-electron chi connectivity index (χ2n) is 12.3. The number of ether oxygens (including phenoxy) is 4. The van der Waals surface area contributed by atoms with Crippen molar-refractivity contribution in [2.45, 2.75) is 77.5 Å². The number of carbonyl (C=O) groups is 2. The molecule has 2 amide bonds. The molecule has 1 N–H and O–H groups in total. The molecule has 0 aromatic heterocycles. The molecule has 3 aliphatic rings. The zero-order valence-electron chi connectivity index (χ0n) is 23.2. The molecular weight excluding hydrogens is 484 g/mol. The maximum atomic E-state index is 13.5. The van der Waals surface area contributed by atoms with Crippen LogP contribution in [0.15, 0.2) is 30.3 Å². The van der Waals surface area contributed by atoms with Crippen molar-refractivity contribution >= 4 is 12.0 Å². The van der Waals surface area contributed by atoms with Crippen molar-refractivity contribution in [3.63, 3.8) is 0 Å². The first-order chi connectivity index (χ1) is 17.8. The van der Waals surface area contributed by atoms with Crippen LogP contribution < -0.4 is 19.5 Å². The maximum absolute atomic E-state index is 13.5. The van der Waals surface area contributed by atoms with Crippen LogP contribution in [0.2, 0.25) is 0 Å². The molecule has 3 aliphatic heterocycles. The van der Waals surface area contributed by atoms with Crippen LogP contribution in [0.25, 0.3) is 0 Å². The van der Waals surface area contributed by atoms with Crippen LogP contribution in [-0.4, -0.2) is 54.4 Å². The first kappa shape index (κ1) is 26.2. The first-order valence-electron chi connectivity index (χ1n) is 13.3. The average molecular weight is 523 g/mol. The molecule has 0 saturated carbocycles. The minimum absolute atomic E-state index is 0.00799. The number of piperidine rings is 1. The van der Waals surface area contributed by atoms with E-state index in [9.17, 15) is 9.59 Å². The highest BCUT2D eigenvalue weighted by Crippen LogP contribution is 2.46. The SMILES string of the molecule is Cc1cc(C(=O)N2CCC3(CC2)COc2ccc(CNC(=O)OC(C)(C)C)cc23)cc2c1OC(C)(C)CO2. The number of hydrogen-bond acceptors (Lipinski definition) is 6. The quantitative estimate of drug-likeness (QED) is 0.601. The van der Waals surface area contributed by atoms with Gasteiger partial charge in [-0.2, -0.15) is 0 Å². The summed E-state index contributed by atoms with van der Waals surface area (Å²) >= 11 is 0. The van der Waals surface area contributed by atoms with Crippen molar-refractivity contribution in [1.29, 1.82) is 0 Å². The summed E-state index contributed by atoms with van der Waals surface area (Å²) in [5, 5.41) is 2.83. The Hall–Kier alpha value is -3.42. The van der Waals surface area contributed by atoms with Crippen LogP contribution in [0, 0.1) is 6.92 Å². The number of carbonyl (C=O) groups excluding carboxylic acids is 2. The number of likely N-dealkylation sites (tertiary alicyclic amines) is 1. The van der Waals surface area contributed by atoms with E-state index in [1.165, 1.54) is 0 Å². The molecule has 8 nitrogen and oxygen atoms in total. The Labute approximate surface area is 224 Å². The van der Waals surface area contributed by atoms with Crippen LogP contribution in [-0.2, 0) is 16.7 Å². The van der Waals surface area contributed by atoms with Gasteiger partial charge in [-0.15, -0.1) is 0 Å².